The van der Waals surface area contributed by atoms with Crippen molar-refractivity contribution < 1.29 is 4.92 Å². The van der Waals surface area contributed by atoms with Crippen molar-refractivity contribution in [3.63, 3.8) is 0 Å². The molecule has 0 aliphatic rings. The van der Waals surface area contributed by atoms with E-state index in [0.29, 0.717) is 5.56 Å². The maximum atomic E-state index is 12.0. The van der Waals surface area contributed by atoms with Crippen LogP contribution in [0.1, 0.15) is 0 Å². The van der Waals surface area contributed by atoms with Crippen LogP contribution in [0.25, 0.3) is 55.6 Å². The van der Waals surface area contributed by atoms with Crippen LogP contribution in [-0.4, -0.2) is 4.92 Å². The van der Waals surface area contributed by atoms with Crippen molar-refractivity contribution in [1.82, 2.24) is 0 Å². The Morgan fingerprint density at radius 3 is 1.08 bits per heavy atom. The largest absolute Gasteiger partial charge is 0.277 e. The highest BCUT2D eigenvalue weighted by molar-refractivity contribution is 5.92. The van der Waals surface area contributed by atoms with Crippen LogP contribution < -0.4 is 0 Å². The first-order valence-electron chi connectivity index (χ1n) is 12.9. The Balaban J connectivity index is 1.63. The maximum Gasteiger partial charge on any atom is 0.277 e. The fourth-order valence-corrected chi connectivity index (χ4v) is 5.18. The molecule has 6 rings (SSSR count). The van der Waals surface area contributed by atoms with Gasteiger partial charge in [0.15, 0.2) is 0 Å². The molecule has 0 spiro atoms. The molecule has 0 saturated heterocycles. The molecule has 0 bridgehead atoms. The van der Waals surface area contributed by atoms with Crippen molar-refractivity contribution in [3.05, 3.63) is 162 Å². The highest BCUT2D eigenvalue weighted by atomic mass is 16.6. The summed E-state index contributed by atoms with van der Waals surface area (Å²) in [5.74, 6) is 0. The third kappa shape index (κ3) is 4.86. The predicted octanol–water partition coefficient (Wildman–Crippen LogP) is 9.93. The number of hydrogen-bond donors (Lipinski definition) is 0. The summed E-state index contributed by atoms with van der Waals surface area (Å²) in [6, 6.07) is 50.6. The van der Waals surface area contributed by atoms with E-state index in [9.17, 15) is 10.1 Å². The smallest absolute Gasteiger partial charge is 0.258 e. The Labute approximate surface area is 227 Å². The first-order valence-corrected chi connectivity index (χ1v) is 12.9. The van der Waals surface area contributed by atoms with Gasteiger partial charge in [-0.2, -0.15) is 0 Å². The van der Waals surface area contributed by atoms with Crippen LogP contribution in [0.5, 0.6) is 0 Å². The second-order valence-corrected chi connectivity index (χ2v) is 9.40. The van der Waals surface area contributed by atoms with Crippen LogP contribution in [0.2, 0.25) is 0 Å². The lowest BCUT2D eigenvalue weighted by Gasteiger charge is -2.16. The fraction of sp³-hybridized carbons (Fsp3) is 0. The molecule has 0 aliphatic carbocycles. The molecule has 0 heterocycles. The van der Waals surface area contributed by atoms with Crippen molar-refractivity contribution in [2.24, 2.45) is 0 Å². The molecule has 0 aromatic heterocycles. The second kappa shape index (κ2) is 10.6. The van der Waals surface area contributed by atoms with E-state index < -0.39 is 0 Å². The van der Waals surface area contributed by atoms with E-state index in [1.807, 2.05) is 72.8 Å². The lowest BCUT2D eigenvalue weighted by atomic mass is 9.87. The molecule has 0 aliphatic heterocycles. The van der Waals surface area contributed by atoms with Crippen LogP contribution >= 0.6 is 0 Å². The molecule has 0 saturated carbocycles. The SMILES string of the molecule is O=[N+]([O-])c1ccccc1-c1cc(-c2ccccc2-c2ccccc2)cc(-c2ccccc2-c2ccccc2)c1. The van der Waals surface area contributed by atoms with Gasteiger partial charge in [-0.15, -0.1) is 0 Å². The zero-order valence-corrected chi connectivity index (χ0v) is 21.2. The van der Waals surface area contributed by atoms with Crippen LogP contribution in [0, 0.1) is 10.1 Å². The maximum absolute atomic E-state index is 12.0. The Kier molecular flexibility index (Phi) is 6.55. The minimum atomic E-state index is -0.308. The number of nitrogens with zero attached hydrogens (tertiary/aromatic N) is 1. The van der Waals surface area contributed by atoms with Crippen molar-refractivity contribution in [1.29, 1.82) is 0 Å². The third-order valence-corrected chi connectivity index (χ3v) is 6.99. The molecular weight excluding hydrogens is 478 g/mol. The first kappa shape index (κ1) is 24.1. The van der Waals surface area contributed by atoms with E-state index >= 15 is 0 Å². The van der Waals surface area contributed by atoms with E-state index in [-0.39, 0.29) is 10.6 Å². The molecule has 3 heteroatoms. The summed E-state index contributed by atoms with van der Waals surface area (Å²) in [6.45, 7) is 0. The zero-order valence-electron chi connectivity index (χ0n) is 21.2. The van der Waals surface area contributed by atoms with Gasteiger partial charge in [-0.1, -0.05) is 121 Å². The van der Waals surface area contributed by atoms with E-state index in [1.165, 1.54) is 0 Å². The summed E-state index contributed by atoms with van der Waals surface area (Å²) >= 11 is 0. The summed E-state index contributed by atoms with van der Waals surface area (Å²) < 4.78 is 0. The molecule has 6 aromatic rings. The number of nitro groups is 1. The monoisotopic (exact) mass is 503 g/mol. The van der Waals surface area contributed by atoms with Gasteiger partial charge in [0.2, 0.25) is 0 Å². The normalized spacial score (nSPS) is 10.8. The number of para-hydroxylation sites is 1. The standard InChI is InChI=1S/C36H25NO2/c38-37(39)36-22-12-11-21-35(36)30-24-28(33-19-9-7-17-31(33)26-13-3-1-4-14-26)23-29(25-30)34-20-10-8-18-32(34)27-15-5-2-6-16-27/h1-25H. The van der Waals surface area contributed by atoms with Gasteiger partial charge in [0.05, 0.1) is 10.5 Å². The van der Waals surface area contributed by atoms with E-state index in [2.05, 4.69) is 66.7 Å². The van der Waals surface area contributed by atoms with Crippen LogP contribution in [0.15, 0.2) is 152 Å². The Hall–Kier alpha value is -5.28. The quantitative estimate of drug-likeness (QED) is 0.168. The molecule has 39 heavy (non-hydrogen) atoms. The molecule has 186 valence electrons. The van der Waals surface area contributed by atoms with Crippen molar-refractivity contribution >= 4 is 5.69 Å². The van der Waals surface area contributed by atoms with Crippen molar-refractivity contribution in [3.8, 4) is 55.6 Å². The molecule has 0 amide bonds. The molecule has 0 fully saturated rings. The lowest BCUT2D eigenvalue weighted by molar-refractivity contribution is -0.384. The van der Waals surface area contributed by atoms with E-state index in [0.717, 1.165) is 50.1 Å². The number of hydrogen-bond acceptors (Lipinski definition) is 2. The highest BCUT2D eigenvalue weighted by Crippen LogP contribution is 2.41. The minimum Gasteiger partial charge on any atom is -0.258 e. The third-order valence-electron chi connectivity index (χ3n) is 6.99. The van der Waals surface area contributed by atoms with Crippen molar-refractivity contribution in [2.75, 3.05) is 0 Å². The second-order valence-electron chi connectivity index (χ2n) is 9.40. The van der Waals surface area contributed by atoms with Gasteiger partial charge < -0.3 is 0 Å². The van der Waals surface area contributed by atoms with Crippen LogP contribution in [-0.2, 0) is 0 Å². The summed E-state index contributed by atoms with van der Waals surface area (Å²) in [4.78, 5) is 11.7. The molecule has 0 N–H and O–H groups in total. The molecule has 3 nitrogen and oxygen atoms in total. The molecule has 0 radical (unpaired) electrons. The topological polar surface area (TPSA) is 43.1 Å². The summed E-state index contributed by atoms with van der Waals surface area (Å²) in [6.07, 6.45) is 0. The van der Waals surface area contributed by atoms with Gasteiger partial charge >= 0.3 is 0 Å². The van der Waals surface area contributed by atoms with E-state index in [1.54, 1.807) is 12.1 Å². The minimum absolute atomic E-state index is 0.0910. The van der Waals surface area contributed by atoms with Gasteiger partial charge in [-0.3, -0.25) is 10.1 Å². The molecule has 0 atom stereocenters. The number of rotatable bonds is 6. The first-order chi connectivity index (χ1) is 19.2. The molecule has 6 aromatic carbocycles. The number of benzene rings is 6. The van der Waals surface area contributed by atoms with Crippen LogP contribution in [0.3, 0.4) is 0 Å². The Morgan fingerprint density at radius 1 is 0.359 bits per heavy atom. The Morgan fingerprint density at radius 2 is 0.667 bits per heavy atom. The Bertz CT molecular complexity index is 1670. The van der Waals surface area contributed by atoms with Gasteiger partial charge in [0.1, 0.15) is 0 Å². The average Bonchev–Trinajstić information content (AvgIpc) is 3.01. The highest BCUT2D eigenvalue weighted by Gasteiger charge is 2.18. The van der Waals surface area contributed by atoms with Crippen molar-refractivity contribution in [2.45, 2.75) is 0 Å². The summed E-state index contributed by atoms with van der Waals surface area (Å²) in [5.41, 5.74) is 10.1. The van der Waals surface area contributed by atoms with Crippen LogP contribution in [0.4, 0.5) is 5.69 Å². The zero-order chi connectivity index (χ0) is 26.6. The van der Waals surface area contributed by atoms with Gasteiger partial charge in [0, 0.05) is 6.07 Å². The molecular formula is C36H25NO2. The predicted molar refractivity (Wildman–Crippen MR) is 160 cm³/mol. The average molecular weight is 504 g/mol. The summed E-state index contributed by atoms with van der Waals surface area (Å²) in [7, 11) is 0. The van der Waals surface area contributed by atoms with Gasteiger partial charge in [0.25, 0.3) is 5.69 Å². The molecule has 0 unspecified atom stereocenters. The van der Waals surface area contributed by atoms with Gasteiger partial charge in [-0.25, -0.2) is 0 Å². The summed E-state index contributed by atoms with van der Waals surface area (Å²) in [5, 5.41) is 12.0. The van der Waals surface area contributed by atoms with Gasteiger partial charge in [-0.05, 0) is 74.3 Å². The number of nitro benzene ring substituents is 1. The lowest BCUT2D eigenvalue weighted by Crippen LogP contribution is -1.94. The fourth-order valence-electron chi connectivity index (χ4n) is 5.18. The van der Waals surface area contributed by atoms with E-state index in [4.69, 9.17) is 0 Å².